The molecule has 1 amide bonds. The average molecular weight is 243 g/mol. The Hall–Kier alpha value is -2.39. The molecule has 2 heterocycles. The summed E-state index contributed by atoms with van der Waals surface area (Å²) in [5.41, 5.74) is 7.33. The van der Waals surface area contributed by atoms with Crippen LogP contribution >= 0.6 is 0 Å². The number of carbonyl (C=O) groups excluding carboxylic acids is 1. The number of rotatable bonds is 4. The SMILES string of the molecule is N#CCNC(=O)Cn1cc(CN)c2cccnc21. The Morgan fingerprint density at radius 2 is 2.44 bits per heavy atom. The van der Waals surface area contributed by atoms with Crippen molar-refractivity contribution in [3.63, 3.8) is 0 Å². The van der Waals surface area contributed by atoms with Gasteiger partial charge in [0.2, 0.25) is 5.91 Å². The molecule has 6 nitrogen and oxygen atoms in total. The predicted molar refractivity (Wildman–Crippen MR) is 66.2 cm³/mol. The van der Waals surface area contributed by atoms with Crippen molar-refractivity contribution in [2.75, 3.05) is 6.54 Å². The number of nitrogens with one attached hydrogen (secondary N) is 1. The number of carbonyl (C=O) groups is 1. The summed E-state index contributed by atoms with van der Waals surface area (Å²) in [5.74, 6) is -0.220. The van der Waals surface area contributed by atoms with Gasteiger partial charge in [0.25, 0.3) is 0 Å². The van der Waals surface area contributed by atoms with Crippen LogP contribution in [0, 0.1) is 11.3 Å². The maximum Gasteiger partial charge on any atom is 0.240 e. The van der Waals surface area contributed by atoms with Gasteiger partial charge in [0.15, 0.2) is 0 Å². The van der Waals surface area contributed by atoms with Crippen LogP contribution in [0.15, 0.2) is 24.5 Å². The van der Waals surface area contributed by atoms with Crippen LogP contribution in [0.4, 0.5) is 0 Å². The van der Waals surface area contributed by atoms with Crippen molar-refractivity contribution in [1.82, 2.24) is 14.9 Å². The van der Waals surface area contributed by atoms with E-state index in [4.69, 9.17) is 11.0 Å². The number of hydrogen-bond donors (Lipinski definition) is 2. The van der Waals surface area contributed by atoms with Crippen LogP contribution in [-0.2, 0) is 17.9 Å². The molecular weight excluding hydrogens is 230 g/mol. The van der Waals surface area contributed by atoms with Gasteiger partial charge in [-0.1, -0.05) is 0 Å². The van der Waals surface area contributed by atoms with E-state index in [1.807, 2.05) is 24.4 Å². The van der Waals surface area contributed by atoms with E-state index in [-0.39, 0.29) is 19.0 Å². The molecule has 0 aromatic carbocycles. The van der Waals surface area contributed by atoms with Crippen molar-refractivity contribution >= 4 is 16.9 Å². The highest BCUT2D eigenvalue weighted by molar-refractivity contribution is 5.83. The summed E-state index contributed by atoms with van der Waals surface area (Å²) in [6.45, 7) is 0.541. The number of nitriles is 1. The molecule has 0 saturated carbocycles. The van der Waals surface area contributed by atoms with Crippen molar-refractivity contribution in [2.45, 2.75) is 13.1 Å². The minimum absolute atomic E-state index is 0.00914. The van der Waals surface area contributed by atoms with Crippen LogP contribution < -0.4 is 11.1 Å². The first-order valence-corrected chi connectivity index (χ1v) is 5.52. The number of pyridine rings is 1. The van der Waals surface area contributed by atoms with Gasteiger partial charge in [-0.3, -0.25) is 4.79 Å². The van der Waals surface area contributed by atoms with Gasteiger partial charge in [-0.2, -0.15) is 5.26 Å². The van der Waals surface area contributed by atoms with Crippen LogP contribution in [0.25, 0.3) is 11.0 Å². The number of nitrogens with two attached hydrogens (primary N) is 1. The fourth-order valence-corrected chi connectivity index (χ4v) is 1.83. The zero-order chi connectivity index (χ0) is 13.0. The molecule has 2 aromatic heterocycles. The highest BCUT2D eigenvalue weighted by Crippen LogP contribution is 2.18. The van der Waals surface area contributed by atoms with E-state index in [0.29, 0.717) is 6.54 Å². The van der Waals surface area contributed by atoms with Gasteiger partial charge in [0.1, 0.15) is 18.7 Å². The molecule has 0 aliphatic heterocycles. The molecule has 3 N–H and O–H groups in total. The van der Waals surface area contributed by atoms with E-state index in [2.05, 4.69) is 10.3 Å². The van der Waals surface area contributed by atoms with Crippen LogP contribution in [0.5, 0.6) is 0 Å². The van der Waals surface area contributed by atoms with Crippen molar-refractivity contribution in [3.05, 3.63) is 30.1 Å². The quantitative estimate of drug-likeness (QED) is 0.746. The summed E-state index contributed by atoms with van der Waals surface area (Å²) < 4.78 is 1.74. The van der Waals surface area contributed by atoms with Crippen LogP contribution in [0.2, 0.25) is 0 Å². The fraction of sp³-hybridized carbons (Fsp3) is 0.250. The van der Waals surface area contributed by atoms with E-state index >= 15 is 0 Å². The van der Waals surface area contributed by atoms with Gasteiger partial charge in [0.05, 0.1) is 6.07 Å². The van der Waals surface area contributed by atoms with Gasteiger partial charge in [0, 0.05) is 24.3 Å². The molecule has 0 bridgehead atoms. The zero-order valence-corrected chi connectivity index (χ0v) is 9.76. The van der Waals surface area contributed by atoms with Crippen LogP contribution in [-0.4, -0.2) is 22.0 Å². The summed E-state index contributed by atoms with van der Waals surface area (Å²) in [6, 6.07) is 5.62. The van der Waals surface area contributed by atoms with Gasteiger partial charge in [-0.05, 0) is 17.7 Å². The molecule has 2 aromatic rings. The number of hydrogen-bond acceptors (Lipinski definition) is 4. The molecule has 92 valence electrons. The molecule has 0 atom stereocenters. The number of fused-ring (bicyclic) bond motifs is 1. The summed E-state index contributed by atoms with van der Waals surface area (Å²) in [5, 5.41) is 11.8. The molecule has 0 saturated heterocycles. The first-order chi connectivity index (χ1) is 8.76. The lowest BCUT2D eigenvalue weighted by atomic mass is 10.2. The Morgan fingerprint density at radius 3 is 3.17 bits per heavy atom. The Bertz CT molecular complexity index is 610. The van der Waals surface area contributed by atoms with Crippen molar-refractivity contribution in [1.29, 1.82) is 5.26 Å². The average Bonchev–Trinajstić information content (AvgIpc) is 2.75. The molecule has 6 heteroatoms. The molecule has 18 heavy (non-hydrogen) atoms. The van der Waals surface area contributed by atoms with E-state index in [9.17, 15) is 4.79 Å². The van der Waals surface area contributed by atoms with Gasteiger partial charge >= 0.3 is 0 Å². The summed E-state index contributed by atoms with van der Waals surface area (Å²) in [7, 11) is 0. The maximum atomic E-state index is 11.6. The Balaban J connectivity index is 2.28. The largest absolute Gasteiger partial charge is 0.341 e. The molecular formula is C12H13N5O. The molecule has 0 spiro atoms. The third kappa shape index (κ3) is 2.31. The Labute approximate surface area is 104 Å². The molecule has 0 aliphatic rings. The molecule has 0 fully saturated rings. The molecule has 0 unspecified atom stereocenters. The lowest BCUT2D eigenvalue weighted by molar-refractivity contribution is -0.121. The number of aromatic nitrogens is 2. The highest BCUT2D eigenvalue weighted by atomic mass is 16.1. The van der Waals surface area contributed by atoms with Crippen molar-refractivity contribution in [2.24, 2.45) is 5.73 Å². The Kier molecular flexibility index (Phi) is 3.55. The third-order valence-electron chi connectivity index (χ3n) is 2.61. The van der Waals surface area contributed by atoms with Gasteiger partial charge < -0.3 is 15.6 Å². The number of amides is 1. The van der Waals surface area contributed by atoms with Crippen LogP contribution in [0.1, 0.15) is 5.56 Å². The van der Waals surface area contributed by atoms with E-state index in [1.165, 1.54) is 0 Å². The smallest absolute Gasteiger partial charge is 0.240 e. The molecule has 0 aliphatic carbocycles. The van der Waals surface area contributed by atoms with Crippen molar-refractivity contribution in [3.8, 4) is 6.07 Å². The van der Waals surface area contributed by atoms with Crippen molar-refractivity contribution < 1.29 is 4.79 Å². The molecule has 0 radical (unpaired) electrons. The summed E-state index contributed by atoms with van der Waals surface area (Å²) in [6.07, 6.45) is 3.50. The first-order valence-electron chi connectivity index (χ1n) is 5.52. The zero-order valence-electron chi connectivity index (χ0n) is 9.76. The second kappa shape index (κ2) is 5.29. The second-order valence-corrected chi connectivity index (χ2v) is 3.80. The normalized spacial score (nSPS) is 10.2. The second-order valence-electron chi connectivity index (χ2n) is 3.80. The standard InChI is InChI=1S/C12H13N5O/c13-3-5-15-11(18)8-17-7-9(6-14)10-2-1-4-16-12(10)17/h1-2,4,7H,5-6,8,14H2,(H,15,18). The fourth-order valence-electron chi connectivity index (χ4n) is 1.83. The maximum absolute atomic E-state index is 11.6. The lowest BCUT2D eigenvalue weighted by Crippen LogP contribution is -2.27. The van der Waals surface area contributed by atoms with E-state index < -0.39 is 0 Å². The monoisotopic (exact) mass is 243 g/mol. The first kappa shape index (κ1) is 12.1. The minimum atomic E-state index is -0.220. The van der Waals surface area contributed by atoms with Gasteiger partial charge in [-0.15, -0.1) is 0 Å². The highest BCUT2D eigenvalue weighted by Gasteiger charge is 2.10. The van der Waals surface area contributed by atoms with E-state index in [1.54, 1.807) is 10.8 Å². The Morgan fingerprint density at radius 1 is 1.61 bits per heavy atom. The lowest BCUT2D eigenvalue weighted by Gasteiger charge is -2.03. The third-order valence-corrected chi connectivity index (χ3v) is 2.61. The van der Waals surface area contributed by atoms with E-state index in [0.717, 1.165) is 16.6 Å². The summed E-state index contributed by atoms with van der Waals surface area (Å²) >= 11 is 0. The number of nitrogens with zero attached hydrogens (tertiary/aromatic N) is 3. The molecule has 2 rings (SSSR count). The van der Waals surface area contributed by atoms with Crippen LogP contribution in [0.3, 0.4) is 0 Å². The van der Waals surface area contributed by atoms with Gasteiger partial charge in [-0.25, -0.2) is 4.98 Å². The predicted octanol–water partition coefficient (Wildman–Crippen LogP) is 0.135. The topological polar surface area (TPSA) is 96.7 Å². The summed E-state index contributed by atoms with van der Waals surface area (Å²) in [4.78, 5) is 15.8. The minimum Gasteiger partial charge on any atom is -0.341 e.